The highest BCUT2D eigenvalue weighted by atomic mass is 16.5. The first-order chi connectivity index (χ1) is 8.65. The summed E-state index contributed by atoms with van der Waals surface area (Å²) in [6.45, 7) is 11.5. The average molecular weight is 264 g/mol. The van der Waals surface area contributed by atoms with Crippen molar-refractivity contribution < 1.29 is 14.6 Å². The van der Waals surface area contributed by atoms with E-state index in [0.29, 0.717) is 6.42 Å². The predicted molar refractivity (Wildman–Crippen MR) is 76.8 cm³/mol. The van der Waals surface area contributed by atoms with E-state index < -0.39 is 11.4 Å². The van der Waals surface area contributed by atoms with Gasteiger partial charge in [0.25, 0.3) is 0 Å². The van der Waals surface area contributed by atoms with Crippen LogP contribution in [-0.2, 0) is 11.2 Å². The van der Waals surface area contributed by atoms with Crippen molar-refractivity contribution in [2.24, 2.45) is 5.41 Å². The van der Waals surface area contributed by atoms with Crippen molar-refractivity contribution in [3.05, 3.63) is 28.8 Å². The summed E-state index contributed by atoms with van der Waals surface area (Å²) in [6, 6.07) is 4.00. The van der Waals surface area contributed by atoms with Crippen LogP contribution in [0.1, 0.15) is 44.4 Å². The van der Waals surface area contributed by atoms with Gasteiger partial charge in [-0.1, -0.05) is 12.1 Å². The Bertz CT molecular complexity index is 473. The van der Waals surface area contributed by atoms with Gasteiger partial charge in [0.05, 0.1) is 11.5 Å². The highest BCUT2D eigenvalue weighted by Gasteiger charge is 2.29. The normalized spacial score (nSPS) is 11.7. The van der Waals surface area contributed by atoms with E-state index in [1.54, 1.807) is 13.8 Å². The van der Waals surface area contributed by atoms with Crippen molar-refractivity contribution in [2.45, 2.75) is 54.1 Å². The summed E-state index contributed by atoms with van der Waals surface area (Å²) in [5.41, 5.74) is 2.42. The average Bonchev–Trinajstić information content (AvgIpc) is 2.28. The summed E-state index contributed by atoms with van der Waals surface area (Å²) in [5.74, 6) is 0.0468. The molecule has 19 heavy (non-hydrogen) atoms. The number of hydrogen-bond acceptors (Lipinski definition) is 2. The summed E-state index contributed by atoms with van der Waals surface area (Å²) in [7, 11) is 0. The molecule has 0 amide bonds. The van der Waals surface area contributed by atoms with E-state index in [0.717, 1.165) is 22.4 Å². The van der Waals surface area contributed by atoms with Gasteiger partial charge < -0.3 is 9.84 Å². The minimum atomic E-state index is -0.795. The van der Waals surface area contributed by atoms with Crippen LogP contribution in [0.4, 0.5) is 0 Å². The Hall–Kier alpha value is -1.51. The first kappa shape index (κ1) is 15.5. The highest BCUT2D eigenvalue weighted by molar-refractivity contribution is 5.74. The first-order valence-electron chi connectivity index (χ1n) is 6.64. The van der Waals surface area contributed by atoms with Gasteiger partial charge in [-0.15, -0.1) is 0 Å². The number of carboxylic acids is 1. The first-order valence-corrected chi connectivity index (χ1v) is 6.64. The molecule has 0 unspecified atom stereocenters. The summed E-state index contributed by atoms with van der Waals surface area (Å²) in [5, 5.41) is 9.26. The van der Waals surface area contributed by atoms with Crippen LogP contribution >= 0.6 is 0 Å². The number of rotatable bonds is 5. The fourth-order valence-corrected chi connectivity index (χ4v) is 1.94. The third kappa shape index (κ3) is 3.72. The molecule has 0 bridgehead atoms. The molecule has 1 N–H and O–H groups in total. The number of aryl methyl sites for hydroxylation is 1. The number of benzene rings is 1. The van der Waals surface area contributed by atoms with Gasteiger partial charge in [-0.25, -0.2) is 0 Å². The van der Waals surface area contributed by atoms with Gasteiger partial charge in [-0.05, 0) is 64.7 Å². The van der Waals surface area contributed by atoms with Crippen LogP contribution in [0.3, 0.4) is 0 Å². The lowest BCUT2D eigenvalue weighted by atomic mass is 9.84. The maximum atomic E-state index is 11.3. The Morgan fingerprint density at radius 3 is 2.37 bits per heavy atom. The van der Waals surface area contributed by atoms with Crippen molar-refractivity contribution in [2.75, 3.05) is 0 Å². The Labute approximate surface area is 115 Å². The summed E-state index contributed by atoms with van der Waals surface area (Å²) >= 11 is 0. The molecule has 1 aromatic rings. The van der Waals surface area contributed by atoms with Crippen LogP contribution in [0.5, 0.6) is 5.75 Å². The highest BCUT2D eigenvalue weighted by Crippen LogP contribution is 2.33. The summed E-state index contributed by atoms with van der Waals surface area (Å²) in [6.07, 6.45) is 0.540. The minimum Gasteiger partial charge on any atom is -0.490 e. The van der Waals surface area contributed by atoms with Gasteiger partial charge in [0.2, 0.25) is 0 Å². The maximum Gasteiger partial charge on any atom is 0.309 e. The van der Waals surface area contributed by atoms with Crippen LogP contribution in [0, 0.1) is 19.3 Å². The smallest absolute Gasteiger partial charge is 0.309 e. The summed E-state index contributed by atoms with van der Waals surface area (Å²) in [4.78, 5) is 11.3. The van der Waals surface area contributed by atoms with Crippen molar-refractivity contribution in [1.29, 1.82) is 0 Å². The lowest BCUT2D eigenvalue weighted by Gasteiger charge is -2.23. The molecule has 106 valence electrons. The zero-order valence-corrected chi connectivity index (χ0v) is 12.7. The van der Waals surface area contributed by atoms with E-state index in [4.69, 9.17) is 4.74 Å². The summed E-state index contributed by atoms with van der Waals surface area (Å²) < 4.78 is 5.89. The lowest BCUT2D eigenvalue weighted by molar-refractivity contribution is -0.146. The molecule has 3 nitrogen and oxygen atoms in total. The molecule has 0 radical (unpaired) electrons. The van der Waals surface area contributed by atoms with Crippen molar-refractivity contribution in [1.82, 2.24) is 0 Å². The minimum absolute atomic E-state index is 0.0761. The Kier molecular flexibility index (Phi) is 4.61. The molecule has 0 spiro atoms. The number of ether oxygens (including phenoxy) is 1. The Morgan fingerprint density at radius 2 is 1.89 bits per heavy atom. The van der Waals surface area contributed by atoms with E-state index in [9.17, 15) is 9.90 Å². The maximum absolute atomic E-state index is 11.3. The molecular formula is C16H24O3. The largest absolute Gasteiger partial charge is 0.490 e. The fraction of sp³-hybridized carbons (Fsp3) is 0.562. The number of carbonyl (C=O) groups is 1. The lowest BCUT2D eigenvalue weighted by Crippen LogP contribution is -2.26. The Morgan fingerprint density at radius 1 is 1.32 bits per heavy atom. The molecule has 0 aliphatic carbocycles. The zero-order chi connectivity index (χ0) is 14.8. The van der Waals surface area contributed by atoms with Gasteiger partial charge >= 0.3 is 5.97 Å². The van der Waals surface area contributed by atoms with E-state index in [1.807, 2.05) is 39.8 Å². The number of hydrogen-bond donors (Lipinski definition) is 1. The van der Waals surface area contributed by atoms with Crippen LogP contribution in [0.25, 0.3) is 0 Å². The van der Waals surface area contributed by atoms with Gasteiger partial charge in [0.1, 0.15) is 5.75 Å². The molecule has 0 fully saturated rings. The van der Waals surface area contributed by atoms with Crippen molar-refractivity contribution >= 4 is 5.97 Å². The molecule has 0 saturated carbocycles. The van der Waals surface area contributed by atoms with E-state index >= 15 is 0 Å². The molecule has 3 heteroatoms. The quantitative estimate of drug-likeness (QED) is 0.881. The fourth-order valence-electron chi connectivity index (χ4n) is 1.94. The van der Waals surface area contributed by atoms with Crippen LogP contribution < -0.4 is 4.74 Å². The van der Waals surface area contributed by atoms with Gasteiger partial charge in [-0.2, -0.15) is 0 Å². The monoisotopic (exact) mass is 264 g/mol. The van der Waals surface area contributed by atoms with E-state index in [-0.39, 0.29) is 6.10 Å². The van der Waals surface area contributed by atoms with E-state index in [2.05, 4.69) is 0 Å². The van der Waals surface area contributed by atoms with Gasteiger partial charge in [-0.3, -0.25) is 4.79 Å². The molecule has 0 saturated heterocycles. The molecular weight excluding hydrogens is 240 g/mol. The standard InChI is InChI=1S/C16H24O3/c1-10(2)19-14-12(4)11(3)7-8-13(14)9-16(5,6)15(17)18/h7-8,10H,9H2,1-6H3,(H,17,18). The molecule has 0 aromatic heterocycles. The Balaban J connectivity index is 3.20. The molecule has 0 aliphatic heterocycles. The topological polar surface area (TPSA) is 46.5 Å². The van der Waals surface area contributed by atoms with Gasteiger partial charge in [0, 0.05) is 0 Å². The SMILES string of the molecule is Cc1ccc(CC(C)(C)C(=O)O)c(OC(C)C)c1C. The van der Waals surface area contributed by atoms with Crippen molar-refractivity contribution in [3.8, 4) is 5.75 Å². The van der Waals surface area contributed by atoms with Crippen LogP contribution in [0.2, 0.25) is 0 Å². The van der Waals surface area contributed by atoms with Crippen LogP contribution in [0.15, 0.2) is 12.1 Å². The second-order valence-electron chi connectivity index (χ2n) is 6.03. The van der Waals surface area contributed by atoms with E-state index in [1.165, 1.54) is 0 Å². The second kappa shape index (κ2) is 5.64. The molecule has 1 aromatic carbocycles. The second-order valence-corrected chi connectivity index (χ2v) is 6.03. The van der Waals surface area contributed by atoms with Crippen molar-refractivity contribution in [3.63, 3.8) is 0 Å². The molecule has 0 aliphatic rings. The molecule has 0 heterocycles. The third-order valence-electron chi connectivity index (χ3n) is 3.32. The van der Waals surface area contributed by atoms with Gasteiger partial charge in [0.15, 0.2) is 0 Å². The number of aliphatic carboxylic acids is 1. The zero-order valence-electron chi connectivity index (χ0n) is 12.7. The third-order valence-corrected chi connectivity index (χ3v) is 3.32. The van der Waals surface area contributed by atoms with Crippen LogP contribution in [-0.4, -0.2) is 17.2 Å². The predicted octanol–water partition coefficient (Wildman–Crippen LogP) is 3.74. The molecule has 1 rings (SSSR count). The number of carboxylic acid groups (broad SMARTS) is 1. The molecule has 0 atom stereocenters.